The molecule has 6 heteroatoms. The van der Waals surface area contributed by atoms with Crippen molar-refractivity contribution in [2.24, 2.45) is 0 Å². The van der Waals surface area contributed by atoms with Gasteiger partial charge in [-0.25, -0.2) is 12.8 Å². The van der Waals surface area contributed by atoms with E-state index < -0.39 is 15.8 Å². The molecule has 0 unspecified atom stereocenters. The second kappa shape index (κ2) is 5.08. The van der Waals surface area contributed by atoms with E-state index >= 15 is 0 Å². The average molecular weight is 276 g/mol. The van der Waals surface area contributed by atoms with Gasteiger partial charge < -0.3 is 0 Å². The van der Waals surface area contributed by atoms with Gasteiger partial charge in [-0.15, -0.1) is 0 Å². The number of hydrogen-bond acceptors (Lipinski definition) is 3. The van der Waals surface area contributed by atoms with Crippen molar-refractivity contribution in [1.29, 1.82) is 5.26 Å². The van der Waals surface area contributed by atoms with Gasteiger partial charge in [0, 0.05) is 0 Å². The first kappa shape index (κ1) is 13.1. The summed E-state index contributed by atoms with van der Waals surface area (Å²) in [5, 5.41) is 8.74. The first-order chi connectivity index (χ1) is 9.01. The van der Waals surface area contributed by atoms with Crippen LogP contribution in [-0.4, -0.2) is 8.42 Å². The van der Waals surface area contributed by atoms with Crippen molar-refractivity contribution in [2.75, 3.05) is 4.72 Å². The summed E-state index contributed by atoms with van der Waals surface area (Å²) in [6.07, 6.45) is 0. The minimum absolute atomic E-state index is 0.0455. The average Bonchev–Trinajstić information content (AvgIpc) is 2.38. The van der Waals surface area contributed by atoms with Gasteiger partial charge in [0.2, 0.25) is 0 Å². The molecule has 19 heavy (non-hydrogen) atoms. The fourth-order valence-electron chi connectivity index (χ4n) is 1.50. The van der Waals surface area contributed by atoms with E-state index in [0.717, 1.165) is 6.07 Å². The minimum Gasteiger partial charge on any atom is -0.280 e. The molecule has 2 aromatic carbocycles. The summed E-state index contributed by atoms with van der Waals surface area (Å²) in [5.74, 6) is -0.536. The van der Waals surface area contributed by atoms with Crippen molar-refractivity contribution in [1.82, 2.24) is 0 Å². The zero-order valence-corrected chi connectivity index (χ0v) is 10.5. The fourth-order valence-corrected chi connectivity index (χ4v) is 2.59. The molecular formula is C13H9FN2O2S. The summed E-state index contributed by atoms with van der Waals surface area (Å²) in [5.41, 5.74) is 0.365. The van der Waals surface area contributed by atoms with Crippen molar-refractivity contribution in [3.63, 3.8) is 0 Å². The largest absolute Gasteiger partial charge is 0.280 e. The number of nitriles is 1. The van der Waals surface area contributed by atoms with Crippen molar-refractivity contribution < 1.29 is 12.8 Å². The molecule has 0 heterocycles. The van der Waals surface area contributed by atoms with Crippen molar-refractivity contribution >= 4 is 15.7 Å². The van der Waals surface area contributed by atoms with Crippen LogP contribution in [0.5, 0.6) is 0 Å². The van der Waals surface area contributed by atoms with Crippen LogP contribution in [0.4, 0.5) is 10.1 Å². The molecule has 0 fully saturated rings. The van der Waals surface area contributed by atoms with E-state index in [2.05, 4.69) is 4.72 Å². The normalized spacial score (nSPS) is 10.7. The van der Waals surface area contributed by atoms with Crippen LogP contribution in [0.2, 0.25) is 0 Å². The fraction of sp³-hybridized carbons (Fsp3) is 0. The van der Waals surface area contributed by atoms with Gasteiger partial charge in [0.25, 0.3) is 10.0 Å². The van der Waals surface area contributed by atoms with Gasteiger partial charge >= 0.3 is 0 Å². The number of nitrogens with zero attached hydrogens (tertiary/aromatic N) is 1. The molecule has 0 aliphatic carbocycles. The predicted octanol–water partition coefficient (Wildman–Crippen LogP) is 2.50. The molecular weight excluding hydrogens is 267 g/mol. The lowest BCUT2D eigenvalue weighted by molar-refractivity contribution is 0.601. The lowest BCUT2D eigenvalue weighted by atomic mass is 10.2. The molecule has 0 aliphatic heterocycles. The van der Waals surface area contributed by atoms with Gasteiger partial charge in [-0.2, -0.15) is 5.26 Å². The molecule has 0 saturated carbocycles. The summed E-state index contributed by atoms with van der Waals surface area (Å²) >= 11 is 0. The van der Waals surface area contributed by atoms with E-state index in [1.807, 2.05) is 6.07 Å². The molecule has 0 aromatic heterocycles. The first-order valence-corrected chi connectivity index (χ1v) is 6.78. The summed E-state index contributed by atoms with van der Waals surface area (Å²) in [6, 6.07) is 12.6. The maximum absolute atomic E-state index is 13.0. The highest BCUT2D eigenvalue weighted by molar-refractivity contribution is 7.92. The highest BCUT2D eigenvalue weighted by Crippen LogP contribution is 2.17. The van der Waals surface area contributed by atoms with Gasteiger partial charge in [-0.05, 0) is 36.4 Å². The van der Waals surface area contributed by atoms with E-state index in [0.29, 0.717) is 0 Å². The third-order valence-corrected chi connectivity index (χ3v) is 3.73. The number of halogens is 1. The molecule has 96 valence electrons. The van der Waals surface area contributed by atoms with E-state index in [-0.39, 0.29) is 16.1 Å². The van der Waals surface area contributed by atoms with Gasteiger partial charge in [-0.1, -0.05) is 12.1 Å². The Morgan fingerprint density at radius 3 is 2.53 bits per heavy atom. The lowest BCUT2D eigenvalue weighted by Crippen LogP contribution is -2.13. The van der Waals surface area contributed by atoms with Gasteiger partial charge in [0.15, 0.2) is 0 Å². The number of nitrogens with one attached hydrogen (secondary N) is 1. The van der Waals surface area contributed by atoms with Crippen LogP contribution < -0.4 is 4.72 Å². The Labute approximate surface area is 110 Å². The zero-order chi connectivity index (χ0) is 13.9. The quantitative estimate of drug-likeness (QED) is 0.936. The third-order valence-electron chi connectivity index (χ3n) is 2.35. The Morgan fingerprint density at radius 2 is 1.84 bits per heavy atom. The number of anilines is 1. The van der Waals surface area contributed by atoms with E-state index in [4.69, 9.17) is 5.26 Å². The molecule has 0 atom stereocenters. The molecule has 0 saturated heterocycles. The van der Waals surface area contributed by atoms with Crippen LogP contribution >= 0.6 is 0 Å². The summed E-state index contributed by atoms with van der Waals surface area (Å²) in [4.78, 5) is -0.0455. The van der Waals surface area contributed by atoms with Gasteiger partial charge in [0.05, 0.1) is 22.2 Å². The topological polar surface area (TPSA) is 70.0 Å². The first-order valence-electron chi connectivity index (χ1n) is 5.30. The van der Waals surface area contributed by atoms with Crippen molar-refractivity contribution in [3.8, 4) is 6.07 Å². The van der Waals surface area contributed by atoms with Crippen LogP contribution in [0.1, 0.15) is 5.56 Å². The van der Waals surface area contributed by atoms with E-state index in [1.54, 1.807) is 0 Å². The van der Waals surface area contributed by atoms with Crippen LogP contribution in [0.25, 0.3) is 0 Å². The number of hydrogen-bond donors (Lipinski definition) is 1. The number of rotatable bonds is 3. The molecule has 2 aromatic rings. The Hall–Kier alpha value is -2.39. The minimum atomic E-state index is -3.83. The molecule has 4 nitrogen and oxygen atoms in total. The smallest absolute Gasteiger partial charge is 0.261 e. The zero-order valence-electron chi connectivity index (χ0n) is 9.67. The standard InChI is InChI=1S/C13H9FN2O2S/c14-11-4-2-5-12(8-11)16-19(17,18)13-6-1-3-10(7-13)9-15/h1-8,16H. The molecule has 1 N–H and O–H groups in total. The van der Waals surface area contributed by atoms with Gasteiger partial charge in [0.1, 0.15) is 5.82 Å². The SMILES string of the molecule is N#Cc1cccc(S(=O)(=O)Nc2cccc(F)c2)c1. The maximum atomic E-state index is 13.0. The lowest BCUT2D eigenvalue weighted by Gasteiger charge is -2.08. The van der Waals surface area contributed by atoms with Crippen LogP contribution in [0.3, 0.4) is 0 Å². The Morgan fingerprint density at radius 1 is 1.11 bits per heavy atom. The van der Waals surface area contributed by atoms with Crippen molar-refractivity contribution in [2.45, 2.75) is 4.90 Å². The molecule has 0 radical (unpaired) electrons. The van der Waals surface area contributed by atoms with E-state index in [9.17, 15) is 12.8 Å². The van der Waals surface area contributed by atoms with E-state index in [1.165, 1.54) is 42.5 Å². The number of benzene rings is 2. The molecule has 2 rings (SSSR count). The summed E-state index contributed by atoms with van der Waals surface area (Å²) in [6.45, 7) is 0. The Balaban J connectivity index is 2.35. The Kier molecular flexibility index (Phi) is 3.49. The van der Waals surface area contributed by atoms with Gasteiger partial charge in [-0.3, -0.25) is 4.72 Å². The predicted molar refractivity (Wildman–Crippen MR) is 68.4 cm³/mol. The number of sulfonamides is 1. The van der Waals surface area contributed by atoms with Crippen LogP contribution in [-0.2, 0) is 10.0 Å². The third kappa shape index (κ3) is 3.09. The van der Waals surface area contributed by atoms with Crippen LogP contribution in [0.15, 0.2) is 53.4 Å². The molecule has 0 amide bonds. The molecule has 0 bridgehead atoms. The molecule has 0 aliphatic rings. The second-order valence-electron chi connectivity index (χ2n) is 3.76. The van der Waals surface area contributed by atoms with Crippen LogP contribution in [0, 0.1) is 17.1 Å². The summed E-state index contributed by atoms with van der Waals surface area (Å²) in [7, 11) is -3.83. The highest BCUT2D eigenvalue weighted by atomic mass is 32.2. The maximum Gasteiger partial charge on any atom is 0.261 e. The monoisotopic (exact) mass is 276 g/mol. The molecule has 0 spiro atoms. The second-order valence-corrected chi connectivity index (χ2v) is 5.44. The Bertz CT molecular complexity index is 751. The highest BCUT2D eigenvalue weighted by Gasteiger charge is 2.14. The van der Waals surface area contributed by atoms with Crippen molar-refractivity contribution in [3.05, 3.63) is 59.9 Å². The summed E-state index contributed by atoms with van der Waals surface area (Å²) < 4.78 is 39.3.